The summed E-state index contributed by atoms with van der Waals surface area (Å²) in [7, 11) is 0. The molecule has 0 fully saturated rings. The molecule has 2 amide bonds. The van der Waals surface area contributed by atoms with Crippen molar-refractivity contribution in [1.29, 1.82) is 0 Å². The van der Waals surface area contributed by atoms with Gasteiger partial charge < -0.3 is 15.4 Å². The SMILES string of the molecule is O=C(Nc1cccc(OCc2cn(-c3cccc(Cl)c3)nn2)c1)Nc1ccc(Cl)c(C(F)(F)F)c1. The number of hydrogen-bond acceptors (Lipinski definition) is 4. The highest BCUT2D eigenvalue weighted by Crippen LogP contribution is 2.36. The van der Waals surface area contributed by atoms with E-state index in [1.54, 1.807) is 53.3 Å². The molecule has 0 spiro atoms. The molecule has 180 valence electrons. The number of halogens is 5. The van der Waals surface area contributed by atoms with E-state index >= 15 is 0 Å². The highest BCUT2D eigenvalue weighted by Gasteiger charge is 2.33. The Morgan fingerprint density at radius 2 is 1.71 bits per heavy atom. The fraction of sp³-hybridized carbons (Fsp3) is 0.0870. The third kappa shape index (κ3) is 6.43. The molecule has 0 aliphatic carbocycles. The van der Waals surface area contributed by atoms with Crippen molar-refractivity contribution in [3.63, 3.8) is 0 Å². The molecule has 0 atom stereocenters. The molecule has 0 saturated heterocycles. The molecule has 4 rings (SSSR count). The van der Waals surface area contributed by atoms with Gasteiger partial charge in [0.2, 0.25) is 0 Å². The number of anilines is 2. The van der Waals surface area contributed by atoms with Gasteiger partial charge in [0.15, 0.2) is 0 Å². The Kier molecular flexibility index (Phi) is 7.13. The summed E-state index contributed by atoms with van der Waals surface area (Å²) in [6.45, 7) is 0.112. The van der Waals surface area contributed by atoms with Gasteiger partial charge in [0.05, 0.1) is 22.5 Å². The number of hydrogen-bond donors (Lipinski definition) is 2. The van der Waals surface area contributed by atoms with Crippen molar-refractivity contribution in [3.8, 4) is 11.4 Å². The largest absolute Gasteiger partial charge is 0.487 e. The summed E-state index contributed by atoms with van der Waals surface area (Å²) in [6.07, 6.45) is -2.95. The second kappa shape index (κ2) is 10.2. The van der Waals surface area contributed by atoms with Gasteiger partial charge >= 0.3 is 12.2 Å². The molecule has 35 heavy (non-hydrogen) atoms. The van der Waals surface area contributed by atoms with Gasteiger partial charge in [-0.05, 0) is 48.5 Å². The van der Waals surface area contributed by atoms with Crippen LogP contribution in [0, 0.1) is 0 Å². The minimum absolute atomic E-state index is 0.0607. The average Bonchev–Trinajstić information content (AvgIpc) is 3.28. The topological polar surface area (TPSA) is 81.1 Å². The number of alkyl halides is 3. The molecule has 0 aliphatic heterocycles. The average molecular weight is 522 g/mol. The molecule has 2 N–H and O–H groups in total. The van der Waals surface area contributed by atoms with Crippen molar-refractivity contribution in [2.45, 2.75) is 12.8 Å². The molecule has 0 unspecified atom stereocenters. The van der Waals surface area contributed by atoms with E-state index in [0.717, 1.165) is 17.8 Å². The molecule has 3 aromatic carbocycles. The number of nitrogens with one attached hydrogen (secondary N) is 2. The van der Waals surface area contributed by atoms with Gasteiger partial charge in [-0.1, -0.05) is 40.5 Å². The van der Waals surface area contributed by atoms with Crippen LogP contribution in [0.25, 0.3) is 5.69 Å². The molecule has 12 heteroatoms. The predicted molar refractivity (Wildman–Crippen MR) is 126 cm³/mol. The van der Waals surface area contributed by atoms with Gasteiger partial charge in [-0.2, -0.15) is 13.2 Å². The number of nitrogens with zero attached hydrogens (tertiary/aromatic N) is 3. The molecular formula is C23H16Cl2F3N5O2. The summed E-state index contributed by atoms with van der Waals surface area (Å²) >= 11 is 11.6. The van der Waals surface area contributed by atoms with E-state index < -0.39 is 22.8 Å². The molecule has 0 aliphatic rings. The highest BCUT2D eigenvalue weighted by molar-refractivity contribution is 6.31. The molecule has 4 aromatic rings. The second-order valence-corrected chi connectivity index (χ2v) is 8.07. The molecule has 0 radical (unpaired) electrons. The van der Waals surface area contributed by atoms with Crippen molar-refractivity contribution in [2.75, 3.05) is 10.6 Å². The number of carbonyl (C=O) groups excluding carboxylic acids is 1. The van der Waals surface area contributed by atoms with Gasteiger partial charge in [0.25, 0.3) is 0 Å². The van der Waals surface area contributed by atoms with E-state index in [9.17, 15) is 18.0 Å². The summed E-state index contributed by atoms with van der Waals surface area (Å²) in [4.78, 5) is 12.3. The van der Waals surface area contributed by atoms with Crippen LogP contribution in [0.2, 0.25) is 10.0 Å². The van der Waals surface area contributed by atoms with E-state index in [-0.39, 0.29) is 12.3 Å². The van der Waals surface area contributed by atoms with Crippen molar-refractivity contribution in [2.24, 2.45) is 0 Å². The Hall–Kier alpha value is -3.76. The van der Waals surface area contributed by atoms with Gasteiger partial charge in [-0.3, -0.25) is 0 Å². The first-order valence-corrected chi connectivity index (χ1v) is 10.8. The van der Waals surface area contributed by atoms with Crippen molar-refractivity contribution < 1.29 is 22.7 Å². The van der Waals surface area contributed by atoms with E-state index in [4.69, 9.17) is 27.9 Å². The van der Waals surface area contributed by atoms with Crippen LogP contribution in [0.3, 0.4) is 0 Å². The minimum Gasteiger partial charge on any atom is -0.487 e. The van der Waals surface area contributed by atoms with Crippen molar-refractivity contribution in [3.05, 3.63) is 94.2 Å². The maximum Gasteiger partial charge on any atom is 0.417 e. The number of urea groups is 1. The minimum atomic E-state index is -4.64. The second-order valence-electron chi connectivity index (χ2n) is 7.22. The summed E-state index contributed by atoms with van der Waals surface area (Å²) in [5.41, 5.74) is 0.572. The van der Waals surface area contributed by atoms with Crippen LogP contribution in [-0.2, 0) is 12.8 Å². The van der Waals surface area contributed by atoms with Crippen LogP contribution >= 0.6 is 23.2 Å². The number of ether oxygens (including phenoxy) is 1. The standard InChI is InChI=1S/C23H16Cl2F3N5O2/c24-14-3-1-5-18(9-14)33-12-17(31-32-33)13-35-19-6-2-4-15(10-19)29-22(34)30-16-7-8-21(25)20(11-16)23(26,27)28/h1-12H,13H2,(H2,29,30,34). The maximum atomic E-state index is 13.0. The summed E-state index contributed by atoms with van der Waals surface area (Å²) in [5, 5.41) is 13.1. The highest BCUT2D eigenvalue weighted by atomic mass is 35.5. The number of aromatic nitrogens is 3. The van der Waals surface area contributed by atoms with Crippen LogP contribution in [0.4, 0.5) is 29.3 Å². The quantitative estimate of drug-likeness (QED) is 0.291. The summed E-state index contributed by atoms with van der Waals surface area (Å²) in [6, 6.07) is 16.0. The summed E-state index contributed by atoms with van der Waals surface area (Å²) in [5.74, 6) is 0.436. The Bertz CT molecular complexity index is 1360. The number of rotatable bonds is 6. The molecule has 1 heterocycles. The number of carbonyl (C=O) groups is 1. The van der Waals surface area contributed by atoms with E-state index in [1.165, 1.54) is 6.07 Å². The lowest BCUT2D eigenvalue weighted by molar-refractivity contribution is -0.137. The van der Waals surface area contributed by atoms with Crippen LogP contribution < -0.4 is 15.4 Å². The third-order valence-corrected chi connectivity index (χ3v) is 5.19. The third-order valence-electron chi connectivity index (χ3n) is 4.62. The van der Waals surface area contributed by atoms with Crippen LogP contribution in [0.5, 0.6) is 5.75 Å². The predicted octanol–water partition coefficient (Wildman–Crippen LogP) is 6.82. The zero-order valence-corrected chi connectivity index (χ0v) is 19.2. The van der Waals surface area contributed by atoms with E-state index in [0.29, 0.717) is 22.2 Å². The first kappa shape index (κ1) is 24.4. The fourth-order valence-corrected chi connectivity index (χ4v) is 3.45. The van der Waals surface area contributed by atoms with Gasteiger partial charge in [0.1, 0.15) is 18.1 Å². The molecule has 1 aromatic heterocycles. The smallest absolute Gasteiger partial charge is 0.417 e. The van der Waals surface area contributed by atoms with Crippen molar-refractivity contribution in [1.82, 2.24) is 15.0 Å². The van der Waals surface area contributed by atoms with Gasteiger partial charge in [-0.15, -0.1) is 5.10 Å². The summed E-state index contributed by atoms with van der Waals surface area (Å²) < 4.78 is 46.3. The lowest BCUT2D eigenvalue weighted by Crippen LogP contribution is -2.20. The molecule has 0 bridgehead atoms. The monoisotopic (exact) mass is 521 g/mol. The molecular weight excluding hydrogens is 506 g/mol. The Morgan fingerprint density at radius 3 is 2.46 bits per heavy atom. The number of amides is 2. The zero-order chi connectivity index (χ0) is 25.0. The Balaban J connectivity index is 1.36. The maximum absolute atomic E-state index is 13.0. The molecule has 0 saturated carbocycles. The van der Waals surface area contributed by atoms with Crippen LogP contribution in [0.1, 0.15) is 11.3 Å². The lowest BCUT2D eigenvalue weighted by Gasteiger charge is -2.13. The van der Waals surface area contributed by atoms with Crippen LogP contribution in [0.15, 0.2) is 72.9 Å². The normalized spacial score (nSPS) is 11.2. The first-order valence-electron chi connectivity index (χ1n) is 10.0. The van der Waals surface area contributed by atoms with Crippen molar-refractivity contribution >= 4 is 40.6 Å². The molecule has 7 nitrogen and oxygen atoms in total. The lowest BCUT2D eigenvalue weighted by atomic mass is 10.2. The van der Waals surface area contributed by atoms with Crippen LogP contribution in [-0.4, -0.2) is 21.0 Å². The van der Waals surface area contributed by atoms with E-state index in [1.807, 2.05) is 6.07 Å². The van der Waals surface area contributed by atoms with Gasteiger partial charge in [0, 0.05) is 22.5 Å². The van der Waals surface area contributed by atoms with Gasteiger partial charge in [-0.25, -0.2) is 9.48 Å². The first-order chi connectivity index (χ1) is 16.7. The Labute approximate surface area is 207 Å². The zero-order valence-electron chi connectivity index (χ0n) is 17.7. The fourth-order valence-electron chi connectivity index (χ4n) is 3.04. The Morgan fingerprint density at radius 1 is 0.971 bits per heavy atom. The van der Waals surface area contributed by atoms with E-state index in [2.05, 4.69) is 20.9 Å². The number of benzene rings is 3.